The molecular formula is C15H9ClINO. The predicted molar refractivity (Wildman–Crippen MR) is 87.1 cm³/mol. The van der Waals surface area contributed by atoms with Crippen molar-refractivity contribution in [3.63, 3.8) is 0 Å². The number of rotatable bonds is 1. The lowest BCUT2D eigenvalue weighted by Gasteiger charge is -1.99. The van der Waals surface area contributed by atoms with Gasteiger partial charge in [0.05, 0.1) is 5.69 Å². The Kier molecular flexibility index (Phi) is 3.33. The molecule has 4 heteroatoms. The average Bonchev–Trinajstić information content (AvgIpc) is 2.65. The molecule has 0 aliphatic carbocycles. The minimum Gasteiger partial charge on any atom is -0.321 e. The Morgan fingerprint density at radius 3 is 2.79 bits per heavy atom. The van der Waals surface area contributed by atoms with Gasteiger partial charge in [-0.15, -0.1) is 0 Å². The van der Waals surface area contributed by atoms with Crippen LogP contribution in [0.2, 0.25) is 5.02 Å². The first-order valence-corrected chi connectivity index (χ1v) is 7.18. The maximum atomic E-state index is 12.0. The van der Waals surface area contributed by atoms with Crippen molar-refractivity contribution in [2.45, 2.75) is 0 Å². The lowest BCUT2D eigenvalue weighted by Crippen LogP contribution is -2.03. The summed E-state index contributed by atoms with van der Waals surface area (Å²) in [4.78, 5) is 12.0. The van der Waals surface area contributed by atoms with Crippen LogP contribution in [0.3, 0.4) is 0 Å². The molecule has 0 bridgehead atoms. The van der Waals surface area contributed by atoms with Gasteiger partial charge in [-0.05, 0) is 58.5 Å². The van der Waals surface area contributed by atoms with Crippen LogP contribution < -0.4 is 5.32 Å². The number of nitrogens with one attached hydrogen (secondary N) is 1. The van der Waals surface area contributed by atoms with Gasteiger partial charge in [-0.25, -0.2) is 0 Å². The molecule has 1 aliphatic heterocycles. The SMILES string of the molecule is O=C1Nc2cc(Cl)ccc2C1=Cc1cccc(I)c1. The number of halogens is 2. The lowest BCUT2D eigenvalue weighted by atomic mass is 10.0. The number of benzene rings is 2. The second kappa shape index (κ2) is 4.98. The molecule has 0 saturated carbocycles. The monoisotopic (exact) mass is 381 g/mol. The number of hydrogen-bond acceptors (Lipinski definition) is 1. The second-order valence-electron chi connectivity index (χ2n) is 4.26. The van der Waals surface area contributed by atoms with Crippen molar-refractivity contribution in [1.29, 1.82) is 0 Å². The minimum absolute atomic E-state index is 0.0869. The molecule has 1 aliphatic rings. The van der Waals surface area contributed by atoms with Crippen molar-refractivity contribution in [3.8, 4) is 0 Å². The molecule has 94 valence electrons. The minimum atomic E-state index is -0.0869. The molecule has 1 amide bonds. The number of fused-ring (bicyclic) bond motifs is 1. The van der Waals surface area contributed by atoms with Crippen LogP contribution in [0.4, 0.5) is 5.69 Å². The largest absolute Gasteiger partial charge is 0.321 e. The smallest absolute Gasteiger partial charge is 0.256 e. The van der Waals surface area contributed by atoms with E-state index in [2.05, 4.69) is 27.9 Å². The maximum Gasteiger partial charge on any atom is 0.256 e. The fourth-order valence-electron chi connectivity index (χ4n) is 2.07. The molecule has 19 heavy (non-hydrogen) atoms. The van der Waals surface area contributed by atoms with Crippen LogP contribution in [0, 0.1) is 3.57 Å². The quantitative estimate of drug-likeness (QED) is 0.574. The number of carbonyl (C=O) groups excluding carboxylic acids is 1. The fourth-order valence-corrected chi connectivity index (χ4v) is 2.81. The Morgan fingerprint density at radius 1 is 1.16 bits per heavy atom. The first kappa shape index (κ1) is 12.7. The van der Waals surface area contributed by atoms with Crippen molar-refractivity contribution >= 4 is 57.4 Å². The van der Waals surface area contributed by atoms with E-state index in [1.165, 1.54) is 0 Å². The Hall–Kier alpha value is -1.33. The van der Waals surface area contributed by atoms with Crippen LogP contribution in [-0.2, 0) is 4.79 Å². The van der Waals surface area contributed by atoms with E-state index in [0.29, 0.717) is 10.6 Å². The van der Waals surface area contributed by atoms with E-state index >= 15 is 0 Å². The Labute approximate surface area is 129 Å². The Morgan fingerprint density at radius 2 is 2.00 bits per heavy atom. The van der Waals surface area contributed by atoms with Crippen LogP contribution >= 0.6 is 34.2 Å². The van der Waals surface area contributed by atoms with Crippen LogP contribution in [-0.4, -0.2) is 5.91 Å². The van der Waals surface area contributed by atoms with Gasteiger partial charge in [0.2, 0.25) is 0 Å². The van der Waals surface area contributed by atoms with Crippen LogP contribution in [0.15, 0.2) is 42.5 Å². The fraction of sp³-hybridized carbons (Fsp3) is 0. The van der Waals surface area contributed by atoms with Gasteiger partial charge in [0.15, 0.2) is 0 Å². The van der Waals surface area contributed by atoms with Crippen molar-refractivity contribution in [3.05, 3.63) is 62.2 Å². The Balaban J connectivity index is 2.09. The molecule has 0 aromatic heterocycles. The number of carbonyl (C=O) groups is 1. The van der Waals surface area contributed by atoms with Gasteiger partial charge in [-0.3, -0.25) is 4.79 Å². The molecular weight excluding hydrogens is 373 g/mol. The zero-order valence-electron chi connectivity index (χ0n) is 9.78. The number of hydrogen-bond donors (Lipinski definition) is 1. The van der Waals surface area contributed by atoms with Gasteiger partial charge in [-0.1, -0.05) is 29.8 Å². The molecule has 2 nitrogen and oxygen atoms in total. The zero-order valence-corrected chi connectivity index (χ0v) is 12.7. The standard InChI is InChI=1S/C15H9ClINO/c16-10-4-5-12-13(15(19)18-14(12)8-10)7-9-2-1-3-11(17)6-9/h1-8H,(H,18,19). The van der Waals surface area contributed by atoms with Gasteiger partial charge in [0.1, 0.15) is 0 Å². The van der Waals surface area contributed by atoms with Gasteiger partial charge < -0.3 is 5.32 Å². The van der Waals surface area contributed by atoms with Gasteiger partial charge in [0.25, 0.3) is 5.91 Å². The highest BCUT2D eigenvalue weighted by atomic mass is 127. The van der Waals surface area contributed by atoms with Crippen molar-refractivity contribution < 1.29 is 4.79 Å². The molecule has 2 aromatic carbocycles. The normalized spacial score (nSPS) is 15.5. The van der Waals surface area contributed by atoms with Gasteiger partial charge in [0, 0.05) is 19.7 Å². The summed E-state index contributed by atoms with van der Waals surface area (Å²) in [5.41, 5.74) is 3.36. The van der Waals surface area contributed by atoms with E-state index in [9.17, 15) is 4.79 Å². The molecule has 0 atom stereocenters. The van der Waals surface area contributed by atoms with Crippen LogP contribution in [0.25, 0.3) is 11.6 Å². The molecule has 2 aromatic rings. The first-order valence-electron chi connectivity index (χ1n) is 5.72. The summed E-state index contributed by atoms with van der Waals surface area (Å²) in [6.07, 6.45) is 1.90. The summed E-state index contributed by atoms with van der Waals surface area (Å²) in [5.74, 6) is -0.0869. The van der Waals surface area contributed by atoms with Crippen LogP contribution in [0.5, 0.6) is 0 Å². The highest BCUT2D eigenvalue weighted by Crippen LogP contribution is 2.34. The van der Waals surface area contributed by atoms with Crippen molar-refractivity contribution in [1.82, 2.24) is 0 Å². The molecule has 0 saturated heterocycles. The molecule has 3 rings (SSSR count). The van der Waals surface area contributed by atoms with E-state index < -0.39 is 0 Å². The van der Waals surface area contributed by atoms with Gasteiger partial charge >= 0.3 is 0 Å². The highest BCUT2D eigenvalue weighted by molar-refractivity contribution is 14.1. The maximum absolute atomic E-state index is 12.0. The van der Waals surface area contributed by atoms with E-state index in [1.54, 1.807) is 12.1 Å². The van der Waals surface area contributed by atoms with Crippen LogP contribution in [0.1, 0.15) is 11.1 Å². The molecule has 0 spiro atoms. The third-order valence-electron chi connectivity index (χ3n) is 2.92. The molecule has 1 heterocycles. The second-order valence-corrected chi connectivity index (χ2v) is 5.94. The van der Waals surface area contributed by atoms with E-state index in [0.717, 1.165) is 20.4 Å². The first-order chi connectivity index (χ1) is 9.13. The lowest BCUT2D eigenvalue weighted by molar-refractivity contribution is -0.110. The summed E-state index contributed by atoms with van der Waals surface area (Å²) in [6, 6.07) is 13.4. The summed E-state index contributed by atoms with van der Waals surface area (Å²) in [7, 11) is 0. The average molecular weight is 382 g/mol. The number of amides is 1. The molecule has 0 radical (unpaired) electrons. The van der Waals surface area contributed by atoms with E-state index in [-0.39, 0.29) is 5.91 Å². The topological polar surface area (TPSA) is 29.1 Å². The Bertz CT molecular complexity index is 709. The highest BCUT2D eigenvalue weighted by Gasteiger charge is 2.23. The van der Waals surface area contributed by atoms with Crippen molar-refractivity contribution in [2.24, 2.45) is 0 Å². The molecule has 0 fully saturated rings. The molecule has 1 N–H and O–H groups in total. The summed E-state index contributed by atoms with van der Waals surface area (Å²) >= 11 is 8.18. The third-order valence-corrected chi connectivity index (χ3v) is 3.83. The summed E-state index contributed by atoms with van der Waals surface area (Å²) < 4.78 is 1.14. The van der Waals surface area contributed by atoms with E-state index in [4.69, 9.17) is 11.6 Å². The van der Waals surface area contributed by atoms with Crippen molar-refractivity contribution in [2.75, 3.05) is 5.32 Å². The third kappa shape index (κ3) is 2.53. The number of anilines is 1. The predicted octanol–water partition coefficient (Wildman–Crippen LogP) is 4.44. The van der Waals surface area contributed by atoms with E-state index in [1.807, 2.05) is 36.4 Å². The zero-order chi connectivity index (χ0) is 13.4. The molecule has 0 unspecified atom stereocenters. The van der Waals surface area contributed by atoms with Gasteiger partial charge in [-0.2, -0.15) is 0 Å². The summed E-state index contributed by atoms with van der Waals surface area (Å²) in [6.45, 7) is 0. The summed E-state index contributed by atoms with van der Waals surface area (Å²) in [5, 5.41) is 3.45.